The molecule has 2 nitrogen and oxygen atoms in total. The van der Waals surface area contributed by atoms with Crippen LogP contribution in [0.5, 0.6) is 0 Å². The summed E-state index contributed by atoms with van der Waals surface area (Å²) in [5, 5.41) is 2.67. The average molecular weight is 508 g/mol. The zero-order chi connectivity index (χ0) is 24.5. The molecule has 2 aliphatic rings. The van der Waals surface area contributed by atoms with E-state index in [2.05, 4.69) is 120 Å². The fourth-order valence-electron chi connectivity index (χ4n) is 5.45. The third-order valence-electron chi connectivity index (χ3n) is 7.13. The highest BCUT2D eigenvalue weighted by Crippen LogP contribution is 2.47. The van der Waals surface area contributed by atoms with Crippen molar-refractivity contribution in [3.63, 3.8) is 0 Å². The smallest absolute Gasteiger partial charge is 0.263 e. The van der Waals surface area contributed by atoms with Crippen molar-refractivity contribution in [1.29, 1.82) is 0 Å². The van der Waals surface area contributed by atoms with Crippen LogP contribution in [0.4, 0.5) is 5.69 Å². The second-order valence-electron chi connectivity index (χ2n) is 9.40. The summed E-state index contributed by atoms with van der Waals surface area (Å²) < 4.78 is 3.81. The molecule has 2 heterocycles. The molecule has 4 aromatic rings. The molecule has 36 heavy (non-hydrogen) atoms. The summed E-state index contributed by atoms with van der Waals surface area (Å²) in [4.78, 5) is 3.81. The molecule has 1 aromatic heterocycles. The molecule has 1 aliphatic carbocycles. The van der Waals surface area contributed by atoms with Gasteiger partial charge in [0.15, 0.2) is 0 Å². The highest BCUT2D eigenvalue weighted by Gasteiger charge is 2.26. The largest absolute Gasteiger partial charge is 0.335 e. The minimum absolute atomic E-state index is 0.489. The monoisotopic (exact) mass is 507 g/mol. The number of rotatable bonds is 5. The molecule has 6 rings (SSSR count). The molecule has 180 valence electrons. The lowest BCUT2D eigenvalue weighted by Gasteiger charge is -2.25. The number of thiazole rings is 1. The molecule has 1 aliphatic heterocycles. The SMILES string of the molecule is CCN1/C(=C/C2=CC(=C/c3sc4ccccc4[n+]3CC)/CC(c3ccccc3)C2)Sc2ccccc21. The van der Waals surface area contributed by atoms with Gasteiger partial charge in [0.1, 0.15) is 11.2 Å². The standard InChI is InChI=1S/C32H31N2S2/c1-3-33-27-14-8-10-16-29(27)35-31(33)21-23-18-24(20-26(19-23)25-12-6-5-7-13-25)22-32-34(4-2)28-15-9-11-17-30(28)36-32/h5-18,21-22,26H,3-4,19-20H2,1-2H3/q+1. The topological polar surface area (TPSA) is 7.12 Å². The van der Waals surface area contributed by atoms with Crippen LogP contribution in [-0.2, 0) is 6.54 Å². The second-order valence-corrected chi connectivity index (χ2v) is 11.5. The summed E-state index contributed by atoms with van der Waals surface area (Å²) in [6, 6.07) is 28.6. The maximum Gasteiger partial charge on any atom is 0.263 e. The van der Waals surface area contributed by atoms with Crippen molar-refractivity contribution in [2.24, 2.45) is 0 Å². The molecular formula is C32H31N2S2+. The van der Waals surface area contributed by atoms with Crippen molar-refractivity contribution in [1.82, 2.24) is 0 Å². The normalized spacial score (nSPS) is 19.8. The summed E-state index contributed by atoms with van der Waals surface area (Å²) in [6.07, 6.45) is 9.47. The molecule has 0 bridgehead atoms. The van der Waals surface area contributed by atoms with Gasteiger partial charge in [-0.3, -0.25) is 0 Å². The summed E-state index contributed by atoms with van der Waals surface area (Å²) in [7, 11) is 0. The number of fused-ring (bicyclic) bond motifs is 2. The van der Waals surface area contributed by atoms with Crippen LogP contribution in [0.15, 0.2) is 112 Å². The van der Waals surface area contributed by atoms with Crippen LogP contribution < -0.4 is 9.47 Å². The Morgan fingerprint density at radius 3 is 2.50 bits per heavy atom. The van der Waals surface area contributed by atoms with Crippen LogP contribution in [0.25, 0.3) is 16.3 Å². The number of para-hydroxylation sites is 2. The van der Waals surface area contributed by atoms with Crippen molar-refractivity contribution in [3.8, 4) is 0 Å². The number of hydrogen-bond donors (Lipinski definition) is 0. The van der Waals surface area contributed by atoms with Gasteiger partial charge in [-0.05, 0) is 73.6 Å². The van der Waals surface area contributed by atoms with Crippen LogP contribution in [0, 0.1) is 0 Å². The molecular weight excluding hydrogens is 477 g/mol. The summed E-state index contributed by atoms with van der Waals surface area (Å²) in [6.45, 7) is 6.45. The van der Waals surface area contributed by atoms with Gasteiger partial charge in [-0.15, -0.1) is 0 Å². The highest BCUT2D eigenvalue weighted by atomic mass is 32.2. The minimum atomic E-state index is 0.489. The Morgan fingerprint density at radius 1 is 0.889 bits per heavy atom. The van der Waals surface area contributed by atoms with Crippen LogP contribution in [0.2, 0.25) is 0 Å². The molecule has 1 unspecified atom stereocenters. The van der Waals surface area contributed by atoms with E-state index in [-0.39, 0.29) is 0 Å². The van der Waals surface area contributed by atoms with Gasteiger partial charge >= 0.3 is 0 Å². The molecule has 0 amide bonds. The first kappa shape index (κ1) is 23.3. The van der Waals surface area contributed by atoms with E-state index in [4.69, 9.17) is 0 Å². The molecule has 3 aromatic carbocycles. The number of anilines is 1. The Morgan fingerprint density at radius 2 is 1.67 bits per heavy atom. The van der Waals surface area contributed by atoms with Crippen LogP contribution in [0.1, 0.15) is 43.2 Å². The maximum absolute atomic E-state index is 2.45. The Bertz CT molecular complexity index is 1490. The zero-order valence-corrected chi connectivity index (χ0v) is 22.5. The van der Waals surface area contributed by atoms with E-state index in [1.54, 1.807) is 0 Å². The molecule has 4 heteroatoms. The molecule has 0 radical (unpaired) electrons. The minimum Gasteiger partial charge on any atom is -0.335 e. The Balaban J connectivity index is 1.42. The lowest BCUT2D eigenvalue weighted by Crippen LogP contribution is -2.33. The van der Waals surface area contributed by atoms with E-state index in [9.17, 15) is 0 Å². The second kappa shape index (κ2) is 10.1. The molecule has 0 fully saturated rings. The Kier molecular flexibility index (Phi) is 6.56. The summed E-state index contributed by atoms with van der Waals surface area (Å²) in [5.74, 6) is 0.489. The van der Waals surface area contributed by atoms with E-state index in [0.717, 1.165) is 25.9 Å². The van der Waals surface area contributed by atoms with Crippen molar-refractivity contribution < 1.29 is 4.57 Å². The molecule has 0 spiro atoms. The highest BCUT2D eigenvalue weighted by molar-refractivity contribution is 8.03. The number of hydrogen-bond acceptors (Lipinski definition) is 3. The maximum atomic E-state index is 2.45. The predicted octanol–water partition coefficient (Wildman–Crippen LogP) is 8.57. The van der Waals surface area contributed by atoms with E-state index in [1.807, 2.05) is 23.1 Å². The lowest BCUT2D eigenvalue weighted by atomic mass is 9.81. The molecule has 1 atom stereocenters. The van der Waals surface area contributed by atoms with Gasteiger partial charge in [-0.25, -0.2) is 0 Å². The van der Waals surface area contributed by atoms with Gasteiger partial charge in [0.25, 0.3) is 5.01 Å². The van der Waals surface area contributed by atoms with Crippen LogP contribution in [-0.4, -0.2) is 6.54 Å². The first-order valence-corrected chi connectivity index (χ1v) is 14.5. The third kappa shape index (κ3) is 4.44. The van der Waals surface area contributed by atoms with Gasteiger partial charge in [0.2, 0.25) is 5.52 Å². The first-order valence-electron chi connectivity index (χ1n) is 12.9. The zero-order valence-electron chi connectivity index (χ0n) is 20.9. The Labute approximate surface area is 222 Å². The Hall–Kier alpha value is -3.08. The lowest BCUT2D eigenvalue weighted by molar-refractivity contribution is -0.665. The third-order valence-corrected chi connectivity index (χ3v) is 9.35. The van der Waals surface area contributed by atoms with Crippen molar-refractivity contribution >= 4 is 45.1 Å². The molecule has 0 saturated heterocycles. The van der Waals surface area contributed by atoms with Gasteiger partial charge < -0.3 is 4.90 Å². The van der Waals surface area contributed by atoms with E-state index in [0.29, 0.717) is 5.92 Å². The fraction of sp³-hybridized carbons (Fsp3) is 0.219. The van der Waals surface area contributed by atoms with Gasteiger partial charge in [0, 0.05) is 23.6 Å². The molecule has 0 saturated carbocycles. The fourth-order valence-corrected chi connectivity index (χ4v) is 7.85. The average Bonchev–Trinajstić information content (AvgIpc) is 3.45. The predicted molar refractivity (Wildman–Crippen MR) is 156 cm³/mol. The van der Waals surface area contributed by atoms with Gasteiger partial charge in [-0.2, -0.15) is 4.57 Å². The number of aryl methyl sites for hydroxylation is 1. The van der Waals surface area contributed by atoms with Crippen molar-refractivity contribution in [2.75, 3.05) is 11.4 Å². The number of allylic oxidation sites excluding steroid dienone is 4. The van der Waals surface area contributed by atoms with E-state index >= 15 is 0 Å². The summed E-state index contributed by atoms with van der Waals surface area (Å²) >= 11 is 3.80. The quantitative estimate of drug-likeness (QED) is 0.250. The first-order chi connectivity index (χ1) is 17.7. The van der Waals surface area contributed by atoms with Crippen LogP contribution in [0.3, 0.4) is 0 Å². The number of benzene rings is 3. The van der Waals surface area contributed by atoms with E-state index in [1.165, 1.54) is 47.5 Å². The summed E-state index contributed by atoms with van der Waals surface area (Å²) in [5.41, 5.74) is 6.93. The van der Waals surface area contributed by atoms with Crippen molar-refractivity contribution in [3.05, 3.63) is 118 Å². The number of aromatic nitrogens is 1. The number of nitrogens with zero attached hydrogens (tertiary/aromatic N) is 2. The van der Waals surface area contributed by atoms with Gasteiger partial charge in [0.05, 0.1) is 10.7 Å². The van der Waals surface area contributed by atoms with Crippen LogP contribution >= 0.6 is 23.1 Å². The molecule has 0 N–H and O–H groups in total. The van der Waals surface area contributed by atoms with E-state index < -0.39 is 0 Å². The number of thioether (sulfide) groups is 1. The van der Waals surface area contributed by atoms with Crippen molar-refractivity contribution in [2.45, 2.75) is 44.0 Å². The van der Waals surface area contributed by atoms with Gasteiger partial charge in [-0.1, -0.05) is 83.8 Å².